The van der Waals surface area contributed by atoms with Crippen molar-refractivity contribution in [2.75, 3.05) is 0 Å². The molecule has 0 radical (unpaired) electrons. The summed E-state index contributed by atoms with van der Waals surface area (Å²) in [5.74, 6) is 0.877. The summed E-state index contributed by atoms with van der Waals surface area (Å²) in [6.07, 6.45) is 2.33. The Labute approximate surface area is 89.5 Å². The quantitative estimate of drug-likeness (QED) is 0.721. The van der Waals surface area contributed by atoms with E-state index in [1.165, 1.54) is 12.5 Å². The molecule has 0 aromatic heterocycles. The van der Waals surface area contributed by atoms with E-state index in [9.17, 15) is 4.39 Å². The Morgan fingerprint density at radius 2 is 2.27 bits per heavy atom. The Morgan fingerprint density at radius 1 is 1.53 bits per heavy atom. The van der Waals surface area contributed by atoms with E-state index in [1.807, 2.05) is 12.1 Å². The Bertz CT molecular complexity index is 408. The molecule has 1 aliphatic rings. The van der Waals surface area contributed by atoms with Gasteiger partial charge in [0.15, 0.2) is 0 Å². The molecule has 1 aromatic carbocycles. The molecule has 0 saturated heterocycles. The van der Waals surface area contributed by atoms with Crippen molar-refractivity contribution in [2.45, 2.75) is 32.6 Å². The fourth-order valence-electron chi connectivity index (χ4n) is 2.23. The average Bonchev–Trinajstić information content (AvgIpc) is 2.96. The van der Waals surface area contributed by atoms with Gasteiger partial charge in [-0.1, -0.05) is 19.4 Å². The lowest BCUT2D eigenvalue weighted by Crippen LogP contribution is -1.93. The van der Waals surface area contributed by atoms with Crippen LogP contribution in [0.5, 0.6) is 0 Å². The second-order valence-corrected chi connectivity index (χ2v) is 4.32. The molecule has 2 heteroatoms. The molecular weight excluding hydrogens is 189 g/mol. The molecule has 2 rings (SSSR count). The lowest BCUT2D eigenvalue weighted by atomic mass is 10.0. The van der Waals surface area contributed by atoms with Gasteiger partial charge < -0.3 is 0 Å². The van der Waals surface area contributed by atoms with Crippen molar-refractivity contribution in [3.05, 3.63) is 34.6 Å². The first-order valence-electron chi connectivity index (χ1n) is 5.37. The number of hydrogen-bond acceptors (Lipinski definition) is 1. The molecule has 0 amide bonds. The van der Waals surface area contributed by atoms with Crippen LogP contribution in [0.1, 0.15) is 42.4 Å². The lowest BCUT2D eigenvalue weighted by molar-refractivity contribution is 0.619. The van der Waals surface area contributed by atoms with Crippen molar-refractivity contribution < 1.29 is 4.39 Å². The Morgan fingerprint density at radius 3 is 2.73 bits per heavy atom. The van der Waals surface area contributed by atoms with Gasteiger partial charge in [-0.2, -0.15) is 5.26 Å². The second kappa shape index (κ2) is 3.66. The van der Waals surface area contributed by atoms with E-state index in [4.69, 9.17) is 5.26 Å². The zero-order valence-corrected chi connectivity index (χ0v) is 9.05. The molecule has 1 nitrogen and oxygen atoms in total. The van der Waals surface area contributed by atoms with E-state index < -0.39 is 0 Å². The average molecular weight is 203 g/mol. The van der Waals surface area contributed by atoms with Gasteiger partial charge in [-0.3, -0.25) is 0 Å². The Hall–Kier alpha value is -1.36. The van der Waals surface area contributed by atoms with Crippen LogP contribution in [0.2, 0.25) is 0 Å². The van der Waals surface area contributed by atoms with Gasteiger partial charge in [0.25, 0.3) is 0 Å². The largest absolute Gasteiger partial charge is 0.206 e. The van der Waals surface area contributed by atoms with Gasteiger partial charge in [0, 0.05) is 0 Å². The number of nitrogens with zero attached hydrogens (tertiary/aromatic N) is 1. The van der Waals surface area contributed by atoms with Gasteiger partial charge in [0.05, 0.1) is 5.56 Å². The molecule has 1 saturated carbocycles. The molecule has 0 spiro atoms. The van der Waals surface area contributed by atoms with Crippen LogP contribution >= 0.6 is 0 Å². The van der Waals surface area contributed by atoms with Gasteiger partial charge in [-0.25, -0.2) is 4.39 Å². The first kappa shape index (κ1) is 10.2. The summed E-state index contributed by atoms with van der Waals surface area (Å²) < 4.78 is 13.5. The normalized spacial score (nSPS) is 23.6. The molecule has 1 fully saturated rings. The first-order valence-corrected chi connectivity index (χ1v) is 5.37. The number of halogens is 1. The zero-order chi connectivity index (χ0) is 11.0. The molecule has 0 unspecified atom stereocenters. The van der Waals surface area contributed by atoms with Gasteiger partial charge >= 0.3 is 0 Å². The predicted molar refractivity (Wildman–Crippen MR) is 57.0 cm³/mol. The molecule has 1 aromatic rings. The second-order valence-electron chi connectivity index (χ2n) is 4.32. The van der Waals surface area contributed by atoms with E-state index in [0.29, 0.717) is 5.92 Å². The van der Waals surface area contributed by atoms with Gasteiger partial charge in [-0.15, -0.1) is 0 Å². The molecule has 0 N–H and O–H groups in total. The van der Waals surface area contributed by atoms with Crippen LogP contribution in [0.3, 0.4) is 0 Å². The third-order valence-electron chi connectivity index (χ3n) is 3.30. The van der Waals surface area contributed by atoms with Gasteiger partial charge in [0.1, 0.15) is 11.9 Å². The van der Waals surface area contributed by atoms with Crippen LogP contribution in [0.4, 0.5) is 4.39 Å². The van der Waals surface area contributed by atoms with Gasteiger partial charge in [0.2, 0.25) is 0 Å². The van der Waals surface area contributed by atoms with Crippen molar-refractivity contribution in [3.8, 4) is 6.07 Å². The summed E-state index contributed by atoms with van der Waals surface area (Å²) in [4.78, 5) is 0. The highest BCUT2D eigenvalue weighted by Crippen LogP contribution is 2.49. The lowest BCUT2D eigenvalue weighted by Gasteiger charge is -2.04. The minimum Gasteiger partial charge on any atom is -0.206 e. The number of nitriles is 1. The maximum absolute atomic E-state index is 13.5. The minimum atomic E-state index is -0.366. The van der Waals surface area contributed by atoms with E-state index in [0.717, 1.165) is 23.5 Å². The fourth-order valence-corrected chi connectivity index (χ4v) is 2.23. The third kappa shape index (κ3) is 1.74. The molecule has 2 atom stereocenters. The Balaban J connectivity index is 2.33. The highest BCUT2D eigenvalue weighted by Gasteiger charge is 2.36. The molecule has 0 aliphatic heterocycles. The fraction of sp³-hybridized carbons (Fsp3) is 0.462. The van der Waals surface area contributed by atoms with E-state index in [-0.39, 0.29) is 11.4 Å². The van der Waals surface area contributed by atoms with Crippen molar-refractivity contribution >= 4 is 0 Å². The molecule has 0 bridgehead atoms. The molecule has 15 heavy (non-hydrogen) atoms. The highest BCUT2D eigenvalue weighted by atomic mass is 19.1. The van der Waals surface area contributed by atoms with Crippen LogP contribution in [0.25, 0.3) is 0 Å². The predicted octanol–water partition coefficient (Wildman–Crippen LogP) is 3.52. The summed E-state index contributed by atoms with van der Waals surface area (Å²) in [6.45, 7) is 3.96. The van der Waals surface area contributed by atoms with E-state index in [2.05, 4.69) is 6.92 Å². The third-order valence-corrected chi connectivity index (χ3v) is 3.30. The van der Waals surface area contributed by atoms with Crippen LogP contribution in [0, 0.1) is 30.0 Å². The van der Waals surface area contributed by atoms with Crippen LogP contribution < -0.4 is 0 Å². The smallest absolute Gasteiger partial charge is 0.141 e. The maximum atomic E-state index is 13.5. The van der Waals surface area contributed by atoms with Crippen LogP contribution in [-0.2, 0) is 0 Å². The standard InChI is InChI=1S/C13H14FN/c1-3-9-5-11(9)10-4-8(2)12(7-15)13(14)6-10/h4,6,9,11H,3,5H2,1-2H3/t9-,11-/m0/s1. The van der Waals surface area contributed by atoms with Crippen molar-refractivity contribution in [3.63, 3.8) is 0 Å². The summed E-state index contributed by atoms with van der Waals surface area (Å²) in [5, 5.41) is 8.75. The van der Waals surface area contributed by atoms with E-state index >= 15 is 0 Å². The summed E-state index contributed by atoms with van der Waals surface area (Å²) in [5.41, 5.74) is 2.01. The number of aryl methyl sites for hydroxylation is 1. The van der Waals surface area contributed by atoms with Crippen molar-refractivity contribution in [2.24, 2.45) is 5.92 Å². The highest BCUT2D eigenvalue weighted by molar-refractivity contribution is 5.43. The molecule has 1 aliphatic carbocycles. The van der Waals surface area contributed by atoms with Crippen LogP contribution in [-0.4, -0.2) is 0 Å². The topological polar surface area (TPSA) is 23.8 Å². The zero-order valence-electron chi connectivity index (χ0n) is 9.05. The monoisotopic (exact) mass is 203 g/mol. The first-order chi connectivity index (χ1) is 7.17. The number of benzene rings is 1. The molecule has 78 valence electrons. The Kier molecular flexibility index (Phi) is 2.48. The van der Waals surface area contributed by atoms with E-state index in [1.54, 1.807) is 6.92 Å². The van der Waals surface area contributed by atoms with Gasteiger partial charge in [-0.05, 0) is 42.4 Å². The number of hydrogen-bond donors (Lipinski definition) is 0. The summed E-state index contributed by atoms with van der Waals surface area (Å²) >= 11 is 0. The SMILES string of the molecule is CC[C@H]1C[C@@H]1c1cc(C)c(C#N)c(F)c1. The molecular formula is C13H14FN. The van der Waals surface area contributed by atoms with Crippen LogP contribution in [0.15, 0.2) is 12.1 Å². The summed E-state index contributed by atoms with van der Waals surface area (Å²) in [6, 6.07) is 5.39. The maximum Gasteiger partial charge on any atom is 0.141 e. The molecule has 0 heterocycles. The summed E-state index contributed by atoms with van der Waals surface area (Å²) in [7, 11) is 0. The number of rotatable bonds is 2. The van der Waals surface area contributed by atoms with Crippen molar-refractivity contribution in [1.82, 2.24) is 0 Å². The minimum absolute atomic E-state index is 0.187. The van der Waals surface area contributed by atoms with Crippen molar-refractivity contribution in [1.29, 1.82) is 5.26 Å².